The highest BCUT2D eigenvalue weighted by Crippen LogP contribution is 2.20. The highest BCUT2D eigenvalue weighted by Gasteiger charge is 2.15. The number of rotatable bonds is 7. The van der Waals surface area contributed by atoms with Gasteiger partial charge in [0.2, 0.25) is 5.91 Å². The van der Waals surface area contributed by atoms with Crippen LogP contribution < -0.4 is 15.4 Å². The molecule has 0 saturated heterocycles. The highest BCUT2D eigenvalue weighted by atomic mass is 35.5. The summed E-state index contributed by atoms with van der Waals surface area (Å²) in [6, 6.07) is 7.83. The largest absolute Gasteiger partial charge is 0.491 e. The summed E-state index contributed by atoms with van der Waals surface area (Å²) in [6.07, 6.45) is 0.144. The summed E-state index contributed by atoms with van der Waals surface area (Å²) < 4.78 is 5.67. The van der Waals surface area contributed by atoms with E-state index in [2.05, 4.69) is 10.6 Å². The van der Waals surface area contributed by atoms with Crippen LogP contribution in [0.5, 0.6) is 5.75 Å². The molecule has 2 N–H and O–H groups in total. The van der Waals surface area contributed by atoms with Gasteiger partial charge in [0, 0.05) is 12.5 Å². The van der Waals surface area contributed by atoms with Crippen molar-refractivity contribution >= 4 is 18.3 Å². The molecule has 0 saturated carbocycles. The molecule has 4 nitrogen and oxygen atoms in total. The lowest BCUT2D eigenvalue weighted by molar-refractivity contribution is -0.125. The molecule has 0 fully saturated rings. The number of benzene rings is 1. The number of ether oxygens (including phenoxy) is 1. The highest BCUT2D eigenvalue weighted by molar-refractivity contribution is 5.85. The number of halogens is 1. The van der Waals surface area contributed by atoms with E-state index in [1.165, 1.54) is 0 Å². The minimum absolute atomic E-state index is 0. The third kappa shape index (κ3) is 6.82. The summed E-state index contributed by atoms with van der Waals surface area (Å²) in [5.74, 6) is 0.849. The van der Waals surface area contributed by atoms with Gasteiger partial charge >= 0.3 is 0 Å². The van der Waals surface area contributed by atoms with Crippen molar-refractivity contribution in [1.82, 2.24) is 10.6 Å². The van der Waals surface area contributed by atoms with Crippen LogP contribution in [0.4, 0.5) is 0 Å². The zero-order valence-corrected chi connectivity index (χ0v) is 14.3. The predicted molar refractivity (Wildman–Crippen MR) is 89.1 cm³/mol. The first-order chi connectivity index (χ1) is 9.43. The van der Waals surface area contributed by atoms with Crippen LogP contribution in [0.25, 0.3) is 0 Å². The Kier molecular flexibility index (Phi) is 9.06. The quantitative estimate of drug-likeness (QED) is 0.813. The molecule has 0 heterocycles. The van der Waals surface area contributed by atoms with Crippen molar-refractivity contribution in [2.75, 3.05) is 13.6 Å². The standard InChI is InChI=1S/C16H26N2O2.ClH/c1-11(2)20-15-8-6-7-14(9-15)13(4)18-16(19)12(3)10-17-5;/h6-9,11-13,17H,10H2,1-5H3,(H,18,19);1H. The lowest BCUT2D eigenvalue weighted by Crippen LogP contribution is -2.35. The Bertz CT molecular complexity index is 438. The second kappa shape index (κ2) is 9.64. The first-order valence-corrected chi connectivity index (χ1v) is 7.15. The average molecular weight is 315 g/mol. The SMILES string of the molecule is CNCC(C)C(=O)NC(C)c1cccc(OC(C)C)c1.Cl. The molecule has 120 valence electrons. The van der Waals surface area contributed by atoms with Crippen molar-refractivity contribution < 1.29 is 9.53 Å². The molecule has 0 aliphatic rings. The molecule has 0 aromatic heterocycles. The Morgan fingerprint density at radius 2 is 1.90 bits per heavy atom. The minimum atomic E-state index is -0.0439. The molecular formula is C16H27ClN2O2. The molecule has 0 bridgehead atoms. The third-order valence-corrected chi connectivity index (χ3v) is 3.05. The van der Waals surface area contributed by atoms with E-state index in [0.717, 1.165) is 11.3 Å². The van der Waals surface area contributed by atoms with Crippen LogP contribution in [-0.4, -0.2) is 25.6 Å². The Hall–Kier alpha value is -1.26. The topological polar surface area (TPSA) is 50.4 Å². The van der Waals surface area contributed by atoms with Crippen LogP contribution in [0.15, 0.2) is 24.3 Å². The fourth-order valence-electron chi connectivity index (χ4n) is 1.97. The van der Waals surface area contributed by atoms with E-state index < -0.39 is 0 Å². The van der Waals surface area contributed by atoms with Crippen LogP contribution >= 0.6 is 12.4 Å². The van der Waals surface area contributed by atoms with Gasteiger partial charge < -0.3 is 15.4 Å². The van der Waals surface area contributed by atoms with Crippen LogP contribution in [-0.2, 0) is 4.79 Å². The fourth-order valence-corrected chi connectivity index (χ4v) is 1.97. The van der Waals surface area contributed by atoms with Gasteiger partial charge in [0.15, 0.2) is 0 Å². The van der Waals surface area contributed by atoms with Gasteiger partial charge in [-0.2, -0.15) is 0 Å². The summed E-state index contributed by atoms with van der Waals surface area (Å²) >= 11 is 0. The minimum Gasteiger partial charge on any atom is -0.491 e. The summed E-state index contributed by atoms with van der Waals surface area (Å²) in [6.45, 7) is 8.57. The van der Waals surface area contributed by atoms with Gasteiger partial charge in [0.05, 0.1) is 12.1 Å². The van der Waals surface area contributed by atoms with Gasteiger partial charge in [-0.1, -0.05) is 19.1 Å². The number of amides is 1. The zero-order valence-electron chi connectivity index (χ0n) is 13.5. The van der Waals surface area contributed by atoms with Gasteiger partial charge in [-0.25, -0.2) is 0 Å². The molecule has 0 aliphatic heterocycles. The van der Waals surface area contributed by atoms with Crippen molar-refractivity contribution in [3.63, 3.8) is 0 Å². The average Bonchev–Trinajstić information content (AvgIpc) is 2.38. The maximum absolute atomic E-state index is 12.0. The maximum atomic E-state index is 12.0. The number of hydrogen-bond acceptors (Lipinski definition) is 3. The molecule has 1 aromatic rings. The van der Waals surface area contributed by atoms with Crippen molar-refractivity contribution in [1.29, 1.82) is 0 Å². The van der Waals surface area contributed by atoms with Crippen molar-refractivity contribution in [3.05, 3.63) is 29.8 Å². The van der Waals surface area contributed by atoms with Crippen LogP contribution in [0.1, 0.15) is 39.3 Å². The Morgan fingerprint density at radius 1 is 1.24 bits per heavy atom. The smallest absolute Gasteiger partial charge is 0.224 e. The Balaban J connectivity index is 0.00000400. The molecule has 0 spiro atoms. The van der Waals surface area contributed by atoms with E-state index >= 15 is 0 Å². The lowest BCUT2D eigenvalue weighted by Gasteiger charge is -2.19. The van der Waals surface area contributed by atoms with Gasteiger partial charge in [-0.05, 0) is 45.5 Å². The summed E-state index contributed by atoms with van der Waals surface area (Å²) in [5, 5.41) is 6.04. The van der Waals surface area contributed by atoms with E-state index in [4.69, 9.17) is 4.74 Å². The maximum Gasteiger partial charge on any atom is 0.224 e. The van der Waals surface area contributed by atoms with Crippen LogP contribution in [0.2, 0.25) is 0 Å². The van der Waals surface area contributed by atoms with Crippen LogP contribution in [0, 0.1) is 5.92 Å². The monoisotopic (exact) mass is 314 g/mol. The van der Waals surface area contributed by atoms with Crippen molar-refractivity contribution in [2.24, 2.45) is 5.92 Å². The molecule has 0 aliphatic carbocycles. The number of hydrogen-bond donors (Lipinski definition) is 2. The van der Waals surface area contributed by atoms with Gasteiger partial charge in [-0.15, -0.1) is 12.4 Å². The van der Waals surface area contributed by atoms with Crippen molar-refractivity contribution in [2.45, 2.75) is 39.8 Å². The molecule has 21 heavy (non-hydrogen) atoms. The van der Waals surface area contributed by atoms with E-state index in [1.54, 1.807) is 0 Å². The van der Waals surface area contributed by atoms with E-state index in [-0.39, 0.29) is 36.4 Å². The zero-order chi connectivity index (χ0) is 15.1. The molecule has 1 amide bonds. The summed E-state index contributed by atoms with van der Waals surface area (Å²) in [5.41, 5.74) is 1.05. The Morgan fingerprint density at radius 3 is 2.48 bits per heavy atom. The molecule has 2 atom stereocenters. The second-order valence-electron chi connectivity index (χ2n) is 5.43. The molecule has 2 unspecified atom stereocenters. The van der Waals surface area contributed by atoms with Gasteiger partial charge in [0.25, 0.3) is 0 Å². The first kappa shape index (κ1) is 19.7. The fraction of sp³-hybridized carbons (Fsp3) is 0.562. The first-order valence-electron chi connectivity index (χ1n) is 7.15. The third-order valence-electron chi connectivity index (χ3n) is 3.05. The van der Waals surface area contributed by atoms with Gasteiger partial charge in [-0.3, -0.25) is 4.79 Å². The number of nitrogens with one attached hydrogen (secondary N) is 2. The van der Waals surface area contributed by atoms with E-state index in [9.17, 15) is 4.79 Å². The molecule has 1 aromatic carbocycles. The predicted octanol–water partition coefficient (Wildman–Crippen LogP) is 2.93. The molecule has 0 radical (unpaired) electrons. The summed E-state index contributed by atoms with van der Waals surface area (Å²) in [7, 11) is 1.85. The molecular weight excluding hydrogens is 288 g/mol. The van der Waals surface area contributed by atoms with E-state index in [1.807, 2.05) is 59.0 Å². The molecule has 5 heteroatoms. The normalized spacial score (nSPS) is 13.2. The molecule has 1 rings (SSSR count). The van der Waals surface area contributed by atoms with Gasteiger partial charge in [0.1, 0.15) is 5.75 Å². The second-order valence-corrected chi connectivity index (χ2v) is 5.43. The van der Waals surface area contributed by atoms with Crippen LogP contribution in [0.3, 0.4) is 0 Å². The van der Waals surface area contributed by atoms with Crippen molar-refractivity contribution in [3.8, 4) is 5.75 Å². The lowest BCUT2D eigenvalue weighted by atomic mass is 10.1. The summed E-state index contributed by atoms with van der Waals surface area (Å²) in [4.78, 5) is 12.0. The van der Waals surface area contributed by atoms with E-state index in [0.29, 0.717) is 6.54 Å². The number of carbonyl (C=O) groups is 1. The Labute approximate surface area is 134 Å². The number of carbonyl (C=O) groups excluding carboxylic acids is 1.